The fourth-order valence-corrected chi connectivity index (χ4v) is 2.81. The summed E-state index contributed by atoms with van der Waals surface area (Å²) < 4.78 is 0. The molecule has 0 amide bonds. The third kappa shape index (κ3) is 2.75. The standard InChI is InChI=1S/C16H22/c1-3-4-14-7-11-16(12-8-14)15-9-5-13(2)6-10-15/h3,5-6,9-10,14,16H,1,4,7-8,11-12H2,2H3. The normalized spacial score (nSPS) is 25.3. The maximum atomic E-state index is 3.84. The van der Waals surface area contributed by atoms with Crippen molar-refractivity contribution in [2.75, 3.05) is 0 Å². The van der Waals surface area contributed by atoms with Gasteiger partial charge in [-0.3, -0.25) is 0 Å². The molecule has 1 aromatic rings. The molecule has 86 valence electrons. The van der Waals surface area contributed by atoms with E-state index in [1.165, 1.54) is 37.7 Å². The van der Waals surface area contributed by atoms with Crippen LogP contribution in [0.2, 0.25) is 0 Å². The zero-order valence-electron chi connectivity index (χ0n) is 10.3. The van der Waals surface area contributed by atoms with Gasteiger partial charge in [-0.25, -0.2) is 0 Å². The van der Waals surface area contributed by atoms with Crippen LogP contribution < -0.4 is 0 Å². The van der Waals surface area contributed by atoms with Crippen molar-refractivity contribution >= 4 is 0 Å². The summed E-state index contributed by atoms with van der Waals surface area (Å²) >= 11 is 0. The third-order valence-corrected chi connectivity index (χ3v) is 3.90. The lowest BCUT2D eigenvalue weighted by atomic mass is 9.77. The van der Waals surface area contributed by atoms with Gasteiger partial charge in [0.15, 0.2) is 0 Å². The Bertz CT molecular complexity index is 326. The van der Waals surface area contributed by atoms with Gasteiger partial charge in [0.05, 0.1) is 0 Å². The van der Waals surface area contributed by atoms with Gasteiger partial charge in [-0.15, -0.1) is 6.58 Å². The zero-order chi connectivity index (χ0) is 11.4. The van der Waals surface area contributed by atoms with Crippen molar-refractivity contribution in [2.24, 2.45) is 5.92 Å². The minimum Gasteiger partial charge on any atom is -0.103 e. The van der Waals surface area contributed by atoms with Crippen molar-refractivity contribution in [3.8, 4) is 0 Å². The average molecular weight is 214 g/mol. The minimum absolute atomic E-state index is 0.807. The van der Waals surface area contributed by atoms with Gasteiger partial charge < -0.3 is 0 Å². The largest absolute Gasteiger partial charge is 0.103 e. The molecule has 1 saturated carbocycles. The Kier molecular flexibility index (Phi) is 3.82. The van der Waals surface area contributed by atoms with E-state index in [9.17, 15) is 0 Å². The summed E-state index contributed by atoms with van der Waals surface area (Å²) in [5.41, 5.74) is 2.91. The van der Waals surface area contributed by atoms with E-state index in [1.807, 2.05) is 0 Å². The van der Waals surface area contributed by atoms with E-state index < -0.39 is 0 Å². The Morgan fingerprint density at radius 3 is 2.31 bits per heavy atom. The first kappa shape index (κ1) is 11.4. The summed E-state index contributed by atoms with van der Waals surface area (Å²) in [6.45, 7) is 6.00. The molecule has 0 saturated heterocycles. The van der Waals surface area contributed by atoms with Crippen molar-refractivity contribution in [3.05, 3.63) is 48.0 Å². The number of benzene rings is 1. The molecule has 0 heterocycles. The molecule has 1 aliphatic carbocycles. The molecular weight excluding hydrogens is 192 g/mol. The Labute approximate surface area is 99.4 Å². The number of rotatable bonds is 3. The van der Waals surface area contributed by atoms with Crippen molar-refractivity contribution in [2.45, 2.75) is 44.9 Å². The molecule has 0 radical (unpaired) electrons. The van der Waals surface area contributed by atoms with Crippen LogP contribution in [0.5, 0.6) is 0 Å². The lowest BCUT2D eigenvalue weighted by Gasteiger charge is -2.28. The molecule has 0 nitrogen and oxygen atoms in total. The molecule has 2 rings (SSSR count). The van der Waals surface area contributed by atoms with Crippen LogP contribution in [0.1, 0.15) is 49.1 Å². The number of allylic oxidation sites excluding steroid dienone is 1. The number of hydrogen-bond donors (Lipinski definition) is 0. The quantitative estimate of drug-likeness (QED) is 0.631. The molecular formula is C16H22. The van der Waals surface area contributed by atoms with Crippen LogP contribution in [-0.4, -0.2) is 0 Å². The fraction of sp³-hybridized carbons (Fsp3) is 0.500. The van der Waals surface area contributed by atoms with Crippen LogP contribution in [0.4, 0.5) is 0 Å². The Morgan fingerprint density at radius 1 is 1.12 bits per heavy atom. The average Bonchev–Trinajstić information content (AvgIpc) is 2.32. The molecule has 0 N–H and O–H groups in total. The van der Waals surface area contributed by atoms with Gasteiger partial charge in [0, 0.05) is 0 Å². The second-order valence-corrected chi connectivity index (χ2v) is 5.15. The van der Waals surface area contributed by atoms with Crippen molar-refractivity contribution in [1.82, 2.24) is 0 Å². The van der Waals surface area contributed by atoms with Gasteiger partial charge in [-0.2, -0.15) is 0 Å². The summed E-state index contributed by atoms with van der Waals surface area (Å²) in [6, 6.07) is 9.11. The molecule has 0 aliphatic heterocycles. The lowest BCUT2D eigenvalue weighted by Crippen LogP contribution is -2.12. The van der Waals surface area contributed by atoms with Gasteiger partial charge in [0.2, 0.25) is 0 Å². The highest BCUT2D eigenvalue weighted by Crippen LogP contribution is 2.37. The molecule has 0 aromatic heterocycles. The molecule has 1 fully saturated rings. The summed E-state index contributed by atoms with van der Waals surface area (Å²) in [6.07, 6.45) is 8.77. The topological polar surface area (TPSA) is 0 Å². The highest BCUT2D eigenvalue weighted by Gasteiger charge is 2.21. The second-order valence-electron chi connectivity index (χ2n) is 5.15. The van der Waals surface area contributed by atoms with Crippen molar-refractivity contribution in [1.29, 1.82) is 0 Å². The van der Waals surface area contributed by atoms with E-state index in [2.05, 4.69) is 43.8 Å². The van der Waals surface area contributed by atoms with E-state index >= 15 is 0 Å². The smallest absolute Gasteiger partial charge is 0.0162 e. The zero-order valence-corrected chi connectivity index (χ0v) is 10.3. The van der Waals surface area contributed by atoms with Crippen LogP contribution in [-0.2, 0) is 0 Å². The van der Waals surface area contributed by atoms with Crippen LogP contribution in [0.15, 0.2) is 36.9 Å². The highest BCUT2D eigenvalue weighted by atomic mass is 14.3. The van der Waals surface area contributed by atoms with Crippen molar-refractivity contribution < 1.29 is 0 Å². The lowest BCUT2D eigenvalue weighted by molar-refractivity contribution is 0.328. The summed E-state index contributed by atoms with van der Waals surface area (Å²) in [5, 5.41) is 0. The van der Waals surface area contributed by atoms with Gasteiger partial charge in [-0.05, 0) is 56.4 Å². The summed E-state index contributed by atoms with van der Waals surface area (Å²) in [5.74, 6) is 1.71. The first-order valence-corrected chi connectivity index (χ1v) is 6.47. The molecule has 0 heteroatoms. The first-order chi connectivity index (χ1) is 7.79. The predicted octanol–water partition coefficient (Wildman–Crippen LogP) is 4.84. The number of aryl methyl sites for hydroxylation is 1. The molecule has 1 aliphatic rings. The third-order valence-electron chi connectivity index (χ3n) is 3.90. The Balaban J connectivity index is 1.93. The number of hydrogen-bond acceptors (Lipinski definition) is 0. The van der Waals surface area contributed by atoms with E-state index in [4.69, 9.17) is 0 Å². The van der Waals surface area contributed by atoms with E-state index in [-0.39, 0.29) is 0 Å². The Morgan fingerprint density at radius 2 is 1.75 bits per heavy atom. The fourth-order valence-electron chi connectivity index (χ4n) is 2.81. The van der Waals surface area contributed by atoms with Crippen LogP contribution in [0.3, 0.4) is 0 Å². The molecule has 1 aromatic carbocycles. The molecule has 0 spiro atoms. The maximum absolute atomic E-state index is 3.84. The maximum Gasteiger partial charge on any atom is -0.0162 e. The van der Waals surface area contributed by atoms with E-state index in [0.29, 0.717) is 0 Å². The summed E-state index contributed by atoms with van der Waals surface area (Å²) in [7, 11) is 0. The highest BCUT2D eigenvalue weighted by molar-refractivity contribution is 5.24. The van der Waals surface area contributed by atoms with E-state index in [0.717, 1.165) is 11.8 Å². The van der Waals surface area contributed by atoms with E-state index in [1.54, 1.807) is 5.56 Å². The van der Waals surface area contributed by atoms with Gasteiger partial charge in [-0.1, -0.05) is 35.9 Å². The molecule has 16 heavy (non-hydrogen) atoms. The van der Waals surface area contributed by atoms with Crippen LogP contribution in [0, 0.1) is 12.8 Å². The second kappa shape index (κ2) is 5.34. The molecule has 0 unspecified atom stereocenters. The predicted molar refractivity (Wildman–Crippen MR) is 70.7 cm³/mol. The summed E-state index contributed by atoms with van der Waals surface area (Å²) in [4.78, 5) is 0. The van der Waals surface area contributed by atoms with Crippen molar-refractivity contribution in [3.63, 3.8) is 0 Å². The van der Waals surface area contributed by atoms with Gasteiger partial charge in [0.25, 0.3) is 0 Å². The monoisotopic (exact) mass is 214 g/mol. The Hall–Kier alpha value is -1.04. The first-order valence-electron chi connectivity index (χ1n) is 6.47. The van der Waals surface area contributed by atoms with Crippen LogP contribution in [0.25, 0.3) is 0 Å². The SMILES string of the molecule is C=CCC1CCC(c2ccc(C)cc2)CC1. The van der Waals surface area contributed by atoms with Crippen LogP contribution >= 0.6 is 0 Å². The molecule has 0 atom stereocenters. The van der Waals surface area contributed by atoms with Gasteiger partial charge in [0.1, 0.15) is 0 Å². The van der Waals surface area contributed by atoms with Gasteiger partial charge >= 0.3 is 0 Å². The molecule has 0 bridgehead atoms. The minimum atomic E-state index is 0.807.